The molecule has 0 aromatic rings. The number of carbonyl (C=O) groups is 1. The molecule has 14 heavy (non-hydrogen) atoms. The lowest BCUT2D eigenvalue weighted by Gasteiger charge is -2.37. The monoisotopic (exact) mass is 196 g/mol. The molecule has 0 aliphatic heterocycles. The minimum atomic E-state index is -0.316. The first-order valence-corrected chi connectivity index (χ1v) is 5.17. The van der Waals surface area contributed by atoms with Gasteiger partial charge in [-0.05, 0) is 33.1 Å². The van der Waals surface area contributed by atoms with Crippen molar-refractivity contribution in [1.29, 1.82) is 0 Å². The summed E-state index contributed by atoms with van der Waals surface area (Å²) in [5.74, 6) is -0.262. The third-order valence-corrected chi connectivity index (χ3v) is 3.55. The second kappa shape index (κ2) is 3.41. The Bertz CT molecular complexity index is 265. The number of hydrogen-bond donors (Lipinski definition) is 0. The van der Waals surface area contributed by atoms with Crippen LogP contribution in [0.5, 0.6) is 0 Å². The lowest BCUT2D eigenvalue weighted by molar-refractivity contribution is -0.162. The summed E-state index contributed by atoms with van der Waals surface area (Å²) >= 11 is 0. The van der Waals surface area contributed by atoms with Crippen LogP contribution >= 0.6 is 0 Å². The van der Waals surface area contributed by atoms with E-state index in [0.717, 1.165) is 19.3 Å². The predicted octanol–water partition coefficient (Wildman–Crippen LogP) is 3.07. The normalized spacial score (nSPS) is 30.0. The van der Waals surface area contributed by atoms with Crippen molar-refractivity contribution >= 4 is 5.97 Å². The molecule has 0 amide bonds. The van der Waals surface area contributed by atoms with Gasteiger partial charge in [0, 0.05) is 11.0 Å². The van der Waals surface area contributed by atoms with Crippen molar-refractivity contribution in [1.82, 2.24) is 0 Å². The zero-order valence-corrected chi connectivity index (χ0v) is 9.64. The van der Waals surface area contributed by atoms with E-state index in [1.165, 1.54) is 0 Å². The van der Waals surface area contributed by atoms with Gasteiger partial charge in [-0.25, -0.2) is 4.79 Å². The SMILES string of the molecule is C=C(C)C(=O)OC1(C)CCCC1(C)C. The summed E-state index contributed by atoms with van der Waals surface area (Å²) in [6.45, 7) is 11.6. The third kappa shape index (κ3) is 1.84. The van der Waals surface area contributed by atoms with E-state index in [1.807, 2.05) is 6.92 Å². The van der Waals surface area contributed by atoms with Crippen LogP contribution < -0.4 is 0 Å². The van der Waals surface area contributed by atoms with Crippen LogP contribution in [0.3, 0.4) is 0 Å². The van der Waals surface area contributed by atoms with E-state index < -0.39 is 0 Å². The van der Waals surface area contributed by atoms with E-state index in [-0.39, 0.29) is 17.0 Å². The van der Waals surface area contributed by atoms with Crippen LogP contribution in [0.2, 0.25) is 0 Å². The molecule has 1 atom stereocenters. The molecule has 0 heterocycles. The largest absolute Gasteiger partial charge is 0.455 e. The zero-order chi connectivity index (χ0) is 11.0. The Morgan fingerprint density at radius 1 is 1.29 bits per heavy atom. The van der Waals surface area contributed by atoms with Crippen molar-refractivity contribution in [3.8, 4) is 0 Å². The standard InChI is InChI=1S/C12H20O2/c1-9(2)10(13)14-12(5)8-6-7-11(12,3)4/h1,6-8H2,2-5H3. The summed E-state index contributed by atoms with van der Waals surface area (Å²) in [6.07, 6.45) is 3.21. The van der Waals surface area contributed by atoms with Gasteiger partial charge in [-0.3, -0.25) is 0 Å². The fraction of sp³-hybridized carbons (Fsp3) is 0.750. The van der Waals surface area contributed by atoms with E-state index in [4.69, 9.17) is 4.74 Å². The van der Waals surface area contributed by atoms with Gasteiger partial charge in [0.2, 0.25) is 0 Å². The summed E-state index contributed by atoms with van der Waals surface area (Å²) in [6, 6.07) is 0. The molecule has 0 aromatic carbocycles. The van der Waals surface area contributed by atoms with E-state index in [9.17, 15) is 4.79 Å². The van der Waals surface area contributed by atoms with Crippen molar-refractivity contribution in [2.75, 3.05) is 0 Å². The molecule has 2 nitrogen and oxygen atoms in total. The highest BCUT2D eigenvalue weighted by Crippen LogP contribution is 2.48. The number of carbonyl (C=O) groups excluding carboxylic acids is 1. The Hall–Kier alpha value is -0.790. The second-order valence-electron chi connectivity index (χ2n) is 5.14. The van der Waals surface area contributed by atoms with Crippen LogP contribution in [0.4, 0.5) is 0 Å². The molecule has 0 spiro atoms. The first-order chi connectivity index (χ1) is 6.28. The van der Waals surface area contributed by atoms with Gasteiger partial charge >= 0.3 is 5.97 Å². The lowest BCUT2D eigenvalue weighted by atomic mass is 9.79. The van der Waals surface area contributed by atoms with Gasteiger partial charge in [0.1, 0.15) is 5.60 Å². The van der Waals surface area contributed by atoms with Crippen molar-refractivity contribution in [3.63, 3.8) is 0 Å². The zero-order valence-electron chi connectivity index (χ0n) is 9.64. The van der Waals surface area contributed by atoms with Crippen LogP contribution in [-0.4, -0.2) is 11.6 Å². The van der Waals surface area contributed by atoms with Crippen LogP contribution in [0, 0.1) is 5.41 Å². The predicted molar refractivity (Wildman–Crippen MR) is 56.9 cm³/mol. The number of hydrogen-bond acceptors (Lipinski definition) is 2. The van der Waals surface area contributed by atoms with Gasteiger partial charge in [0.15, 0.2) is 0 Å². The van der Waals surface area contributed by atoms with E-state index in [2.05, 4.69) is 20.4 Å². The molecule has 1 fully saturated rings. The van der Waals surface area contributed by atoms with Crippen LogP contribution in [0.15, 0.2) is 12.2 Å². The molecule has 80 valence electrons. The molecule has 2 heteroatoms. The van der Waals surface area contributed by atoms with Gasteiger partial charge in [0.25, 0.3) is 0 Å². The van der Waals surface area contributed by atoms with E-state index in [0.29, 0.717) is 5.57 Å². The third-order valence-electron chi connectivity index (χ3n) is 3.55. The molecule has 0 saturated heterocycles. The molecule has 1 aliphatic rings. The van der Waals surface area contributed by atoms with Gasteiger partial charge in [0.05, 0.1) is 0 Å². The Kier molecular flexibility index (Phi) is 2.75. The molecule has 0 radical (unpaired) electrons. The highest BCUT2D eigenvalue weighted by Gasteiger charge is 2.48. The van der Waals surface area contributed by atoms with Crippen LogP contribution in [-0.2, 0) is 9.53 Å². The van der Waals surface area contributed by atoms with Crippen molar-refractivity contribution in [3.05, 3.63) is 12.2 Å². The summed E-state index contributed by atoms with van der Waals surface area (Å²) in [5, 5.41) is 0. The molecule has 0 aromatic heterocycles. The summed E-state index contributed by atoms with van der Waals surface area (Å²) in [7, 11) is 0. The maximum Gasteiger partial charge on any atom is 0.333 e. The smallest absolute Gasteiger partial charge is 0.333 e. The lowest BCUT2D eigenvalue weighted by Crippen LogP contribution is -2.41. The maximum atomic E-state index is 11.5. The highest BCUT2D eigenvalue weighted by atomic mass is 16.6. The van der Waals surface area contributed by atoms with Gasteiger partial charge in [-0.2, -0.15) is 0 Å². The summed E-state index contributed by atoms with van der Waals surface area (Å²) < 4.78 is 5.54. The topological polar surface area (TPSA) is 26.3 Å². The molecule has 1 aliphatic carbocycles. The fourth-order valence-corrected chi connectivity index (χ4v) is 1.95. The second-order valence-corrected chi connectivity index (χ2v) is 5.14. The Balaban J connectivity index is 2.76. The molecular formula is C12H20O2. The van der Waals surface area contributed by atoms with Crippen molar-refractivity contribution in [2.45, 2.75) is 52.6 Å². The minimum absolute atomic E-state index is 0.0815. The quantitative estimate of drug-likeness (QED) is 0.501. The van der Waals surface area contributed by atoms with Gasteiger partial charge in [-0.15, -0.1) is 0 Å². The van der Waals surface area contributed by atoms with Gasteiger partial charge < -0.3 is 4.74 Å². The van der Waals surface area contributed by atoms with Crippen LogP contribution in [0.1, 0.15) is 47.0 Å². The Morgan fingerprint density at radius 3 is 2.21 bits per heavy atom. The summed E-state index contributed by atoms with van der Waals surface area (Å²) in [5.41, 5.74) is 0.246. The first kappa shape index (κ1) is 11.3. The van der Waals surface area contributed by atoms with Crippen molar-refractivity contribution in [2.24, 2.45) is 5.41 Å². The molecule has 1 saturated carbocycles. The number of esters is 1. The molecule has 0 N–H and O–H groups in total. The Morgan fingerprint density at radius 2 is 1.86 bits per heavy atom. The van der Waals surface area contributed by atoms with E-state index in [1.54, 1.807) is 6.92 Å². The van der Waals surface area contributed by atoms with Crippen molar-refractivity contribution < 1.29 is 9.53 Å². The highest BCUT2D eigenvalue weighted by molar-refractivity contribution is 5.87. The average Bonchev–Trinajstić information content (AvgIpc) is 2.26. The minimum Gasteiger partial charge on any atom is -0.455 e. The maximum absolute atomic E-state index is 11.5. The molecular weight excluding hydrogens is 176 g/mol. The first-order valence-electron chi connectivity index (χ1n) is 5.17. The number of rotatable bonds is 2. The summed E-state index contributed by atoms with van der Waals surface area (Å²) in [4.78, 5) is 11.5. The average molecular weight is 196 g/mol. The number of ether oxygens (including phenoxy) is 1. The molecule has 0 bridgehead atoms. The van der Waals surface area contributed by atoms with Gasteiger partial charge in [-0.1, -0.05) is 20.4 Å². The Labute approximate surface area is 86.3 Å². The molecule has 1 unspecified atom stereocenters. The van der Waals surface area contributed by atoms with E-state index >= 15 is 0 Å². The fourth-order valence-electron chi connectivity index (χ4n) is 1.95. The van der Waals surface area contributed by atoms with Crippen LogP contribution in [0.25, 0.3) is 0 Å². The molecule has 1 rings (SSSR count).